The number of aryl methyl sites for hydroxylation is 1. The Morgan fingerprint density at radius 2 is 1.84 bits per heavy atom. The Morgan fingerprint density at radius 1 is 1.06 bits per heavy atom. The number of anilines is 1. The Bertz CT molecular complexity index is 1230. The molecule has 0 aliphatic carbocycles. The monoisotopic (exact) mass is 415 g/mol. The topological polar surface area (TPSA) is 87.7 Å². The summed E-state index contributed by atoms with van der Waals surface area (Å²) < 4.78 is 5.40. The number of benzene rings is 3. The lowest BCUT2D eigenvalue weighted by Gasteiger charge is -2.12. The highest BCUT2D eigenvalue weighted by Gasteiger charge is 2.35. The molecule has 1 heterocycles. The first-order chi connectivity index (χ1) is 15.0. The van der Waals surface area contributed by atoms with Crippen molar-refractivity contribution in [1.82, 2.24) is 10.2 Å². The minimum atomic E-state index is -0.631. The van der Waals surface area contributed by atoms with Crippen LogP contribution in [0.15, 0.2) is 66.4 Å². The maximum Gasteiger partial charge on any atom is 0.329 e. The maximum absolute atomic E-state index is 12.8. The summed E-state index contributed by atoms with van der Waals surface area (Å²) in [6.45, 7) is 1.53. The van der Waals surface area contributed by atoms with Gasteiger partial charge in [0.15, 0.2) is 0 Å². The van der Waals surface area contributed by atoms with E-state index in [9.17, 15) is 14.4 Å². The second kappa shape index (κ2) is 8.31. The Morgan fingerprint density at radius 3 is 2.58 bits per heavy atom. The van der Waals surface area contributed by atoms with E-state index in [-0.39, 0.29) is 12.2 Å². The zero-order chi connectivity index (χ0) is 22.0. The standard InChI is InChI=1S/C24H21N3O4/c1-15-6-5-7-17(12-15)25-22(28)14-27-23(29)20(26-24(27)30)13-16-10-11-21(31-2)19-9-4-3-8-18(16)19/h3-13H,14H2,1-2H3,(H,25,28)(H,26,30). The van der Waals surface area contributed by atoms with Gasteiger partial charge in [-0.25, -0.2) is 9.69 Å². The zero-order valence-corrected chi connectivity index (χ0v) is 17.1. The van der Waals surface area contributed by atoms with Crippen molar-refractivity contribution >= 4 is 40.4 Å². The molecule has 31 heavy (non-hydrogen) atoms. The van der Waals surface area contributed by atoms with Crippen molar-refractivity contribution in [2.24, 2.45) is 0 Å². The Kier molecular flexibility index (Phi) is 5.41. The van der Waals surface area contributed by atoms with E-state index in [0.29, 0.717) is 11.4 Å². The van der Waals surface area contributed by atoms with Crippen LogP contribution in [0, 0.1) is 6.92 Å². The Balaban J connectivity index is 1.55. The number of hydrogen-bond acceptors (Lipinski definition) is 4. The molecule has 1 saturated heterocycles. The third-order valence-electron chi connectivity index (χ3n) is 5.00. The highest BCUT2D eigenvalue weighted by atomic mass is 16.5. The third-order valence-corrected chi connectivity index (χ3v) is 5.00. The summed E-state index contributed by atoms with van der Waals surface area (Å²) in [7, 11) is 1.60. The SMILES string of the molecule is COc1ccc(C=C2NC(=O)N(CC(=O)Nc3cccc(C)c3)C2=O)c2ccccc12. The summed E-state index contributed by atoms with van der Waals surface area (Å²) in [5.74, 6) is -0.288. The number of methoxy groups -OCH3 is 1. The molecule has 4 amide bonds. The van der Waals surface area contributed by atoms with E-state index in [1.54, 1.807) is 19.3 Å². The average molecular weight is 415 g/mol. The van der Waals surface area contributed by atoms with Crippen LogP contribution in [-0.2, 0) is 9.59 Å². The first kappa shape index (κ1) is 20.2. The van der Waals surface area contributed by atoms with Crippen molar-refractivity contribution in [2.45, 2.75) is 6.92 Å². The Labute approximate surface area is 179 Å². The van der Waals surface area contributed by atoms with Gasteiger partial charge in [-0.15, -0.1) is 0 Å². The van der Waals surface area contributed by atoms with Crippen LogP contribution in [0.2, 0.25) is 0 Å². The molecule has 0 aromatic heterocycles. The molecule has 2 N–H and O–H groups in total. The van der Waals surface area contributed by atoms with E-state index in [0.717, 1.165) is 26.8 Å². The molecule has 0 unspecified atom stereocenters. The molecule has 7 nitrogen and oxygen atoms in total. The quantitative estimate of drug-likeness (QED) is 0.491. The van der Waals surface area contributed by atoms with Gasteiger partial charge in [0.05, 0.1) is 7.11 Å². The molecule has 1 aliphatic rings. The van der Waals surface area contributed by atoms with Gasteiger partial charge in [-0.1, -0.05) is 42.5 Å². The van der Waals surface area contributed by atoms with Crippen molar-refractivity contribution in [3.8, 4) is 5.75 Å². The van der Waals surface area contributed by atoms with E-state index < -0.39 is 17.8 Å². The molecule has 3 aromatic carbocycles. The molecular formula is C24H21N3O4. The molecule has 0 spiro atoms. The molecular weight excluding hydrogens is 394 g/mol. The fourth-order valence-electron chi connectivity index (χ4n) is 3.54. The van der Waals surface area contributed by atoms with Crippen LogP contribution in [-0.4, -0.2) is 36.4 Å². The number of rotatable bonds is 5. The van der Waals surface area contributed by atoms with Crippen molar-refractivity contribution < 1.29 is 19.1 Å². The summed E-state index contributed by atoms with van der Waals surface area (Å²) in [6.07, 6.45) is 1.61. The predicted molar refractivity (Wildman–Crippen MR) is 119 cm³/mol. The lowest BCUT2D eigenvalue weighted by Crippen LogP contribution is -2.38. The van der Waals surface area contributed by atoms with Gasteiger partial charge in [-0.05, 0) is 47.7 Å². The van der Waals surface area contributed by atoms with Crippen LogP contribution in [0.4, 0.5) is 10.5 Å². The second-order valence-corrected chi connectivity index (χ2v) is 7.20. The van der Waals surface area contributed by atoms with Gasteiger partial charge < -0.3 is 15.4 Å². The zero-order valence-electron chi connectivity index (χ0n) is 17.1. The van der Waals surface area contributed by atoms with E-state index in [4.69, 9.17) is 4.74 Å². The number of amides is 4. The molecule has 0 atom stereocenters. The smallest absolute Gasteiger partial charge is 0.329 e. The summed E-state index contributed by atoms with van der Waals surface area (Å²) in [4.78, 5) is 38.4. The fraction of sp³-hybridized carbons (Fsp3) is 0.125. The van der Waals surface area contributed by atoms with Crippen LogP contribution in [0.3, 0.4) is 0 Å². The summed E-state index contributed by atoms with van der Waals surface area (Å²) in [5, 5.41) is 7.04. The van der Waals surface area contributed by atoms with Crippen LogP contribution in [0.25, 0.3) is 16.8 Å². The van der Waals surface area contributed by atoms with Gasteiger partial charge in [-0.2, -0.15) is 0 Å². The van der Waals surface area contributed by atoms with Gasteiger partial charge in [-0.3, -0.25) is 9.59 Å². The third kappa shape index (κ3) is 4.11. The number of nitrogens with one attached hydrogen (secondary N) is 2. The van der Waals surface area contributed by atoms with Gasteiger partial charge in [0.25, 0.3) is 5.91 Å². The normalized spacial score (nSPS) is 14.8. The van der Waals surface area contributed by atoms with E-state index >= 15 is 0 Å². The molecule has 4 rings (SSSR count). The summed E-state index contributed by atoms with van der Waals surface area (Å²) in [6, 6.07) is 17.9. The molecule has 3 aromatic rings. The fourth-order valence-corrected chi connectivity index (χ4v) is 3.54. The average Bonchev–Trinajstić information content (AvgIpc) is 3.01. The highest BCUT2D eigenvalue weighted by Crippen LogP contribution is 2.30. The number of carbonyl (C=O) groups is 3. The molecule has 156 valence electrons. The van der Waals surface area contributed by atoms with Gasteiger partial charge >= 0.3 is 6.03 Å². The summed E-state index contributed by atoms with van der Waals surface area (Å²) in [5.41, 5.74) is 2.47. The first-order valence-electron chi connectivity index (χ1n) is 9.73. The molecule has 1 aliphatic heterocycles. The highest BCUT2D eigenvalue weighted by molar-refractivity contribution is 6.16. The molecule has 7 heteroatoms. The van der Waals surface area contributed by atoms with E-state index in [1.165, 1.54) is 0 Å². The molecule has 0 bridgehead atoms. The minimum absolute atomic E-state index is 0.115. The lowest BCUT2D eigenvalue weighted by atomic mass is 10.0. The van der Waals surface area contributed by atoms with Crippen molar-refractivity contribution in [1.29, 1.82) is 0 Å². The van der Waals surface area contributed by atoms with Crippen LogP contribution in [0.5, 0.6) is 5.75 Å². The largest absolute Gasteiger partial charge is 0.496 e. The van der Waals surface area contributed by atoms with E-state index in [1.807, 2.05) is 61.5 Å². The van der Waals surface area contributed by atoms with Crippen LogP contribution in [0.1, 0.15) is 11.1 Å². The molecule has 0 saturated carbocycles. The number of ether oxygens (including phenoxy) is 1. The number of hydrogen-bond donors (Lipinski definition) is 2. The van der Waals surface area contributed by atoms with Crippen LogP contribution < -0.4 is 15.4 Å². The van der Waals surface area contributed by atoms with Crippen LogP contribution >= 0.6 is 0 Å². The van der Waals surface area contributed by atoms with Gasteiger partial charge in [0.1, 0.15) is 18.0 Å². The minimum Gasteiger partial charge on any atom is -0.496 e. The first-order valence-corrected chi connectivity index (χ1v) is 9.73. The number of imide groups is 1. The number of urea groups is 1. The van der Waals surface area contributed by atoms with E-state index in [2.05, 4.69) is 10.6 Å². The van der Waals surface area contributed by atoms with Crippen molar-refractivity contribution in [2.75, 3.05) is 19.0 Å². The summed E-state index contributed by atoms with van der Waals surface area (Å²) >= 11 is 0. The number of fused-ring (bicyclic) bond motifs is 1. The van der Waals surface area contributed by atoms with Gasteiger partial charge in [0.2, 0.25) is 5.91 Å². The lowest BCUT2D eigenvalue weighted by molar-refractivity contribution is -0.127. The number of carbonyl (C=O) groups excluding carboxylic acids is 3. The van der Waals surface area contributed by atoms with Gasteiger partial charge in [0, 0.05) is 11.1 Å². The molecule has 0 radical (unpaired) electrons. The molecule has 1 fully saturated rings. The van der Waals surface area contributed by atoms with Crippen molar-refractivity contribution in [3.05, 3.63) is 77.5 Å². The van der Waals surface area contributed by atoms with Crippen molar-refractivity contribution in [3.63, 3.8) is 0 Å². The second-order valence-electron chi connectivity index (χ2n) is 7.20. The maximum atomic E-state index is 12.8. The number of nitrogens with zero attached hydrogens (tertiary/aromatic N) is 1. The predicted octanol–water partition coefficient (Wildman–Crippen LogP) is 3.69. The Hall–Kier alpha value is -4.13.